The number of hydrogen-bond acceptors (Lipinski definition) is 2. The highest BCUT2D eigenvalue weighted by molar-refractivity contribution is 5.77. The highest BCUT2D eigenvalue weighted by atomic mass is 16.5. The van der Waals surface area contributed by atoms with Gasteiger partial charge in [0.15, 0.2) is 0 Å². The highest BCUT2D eigenvalue weighted by Gasteiger charge is 2.14. The van der Waals surface area contributed by atoms with Gasteiger partial charge in [-0.3, -0.25) is 10.0 Å². The maximum atomic E-state index is 11.2. The second-order valence-electron chi connectivity index (χ2n) is 3.49. The molecule has 3 heteroatoms. The molecule has 1 amide bonds. The number of carbonyl (C=O) groups is 1. The summed E-state index contributed by atoms with van der Waals surface area (Å²) in [6, 6.07) is 0. The van der Waals surface area contributed by atoms with Gasteiger partial charge in [-0.15, -0.1) is 0 Å². The predicted molar refractivity (Wildman–Crippen MR) is 56.9 cm³/mol. The van der Waals surface area contributed by atoms with Crippen LogP contribution in [0.15, 0.2) is 23.8 Å². The highest BCUT2D eigenvalue weighted by Crippen LogP contribution is 2.12. The Bertz CT molecular complexity index is 227. The summed E-state index contributed by atoms with van der Waals surface area (Å²) in [7, 11) is 0. The summed E-state index contributed by atoms with van der Waals surface area (Å²) in [5.41, 5.74) is 2.88. The van der Waals surface area contributed by atoms with Crippen LogP contribution in [0.5, 0.6) is 0 Å². The summed E-state index contributed by atoms with van der Waals surface area (Å²) in [5.74, 6) is -0.494. The molecule has 0 heterocycles. The second-order valence-corrected chi connectivity index (χ2v) is 3.49. The van der Waals surface area contributed by atoms with Crippen molar-refractivity contribution in [3.05, 3.63) is 23.8 Å². The van der Waals surface area contributed by atoms with Gasteiger partial charge in [-0.2, -0.15) is 0 Å². The van der Waals surface area contributed by atoms with Crippen molar-refractivity contribution in [2.45, 2.75) is 33.6 Å². The van der Waals surface area contributed by atoms with Gasteiger partial charge in [0.25, 0.3) is 0 Å². The second kappa shape index (κ2) is 7.33. The van der Waals surface area contributed by atoms with Gasteiger partial charge < -0.3 is 0 Å². The van der Waals surface area contributed by atoms with Crippen LogP contribution in [0.1, 0.15) is 33.6 Å². The van der Waals surface area contributed by atoms with Crippen molar-refractivity contribution in [3.63, 3.8) is 0 Å². The van der Waals surface area contributed by atoms with Crippen LogP contribution in [0.25, 0.3) is 0 Å². The van der Waals surface area contributed by atoms with Crippen LogP contribution < -0.4 is 5.48 Å². The van der Waals surface area contributed by atoms with E-state index in [9.17, 15) is 4.79 Å². The zero-order chi connectivity index (χ0) is 11.0. The summed E-state index contributed by atoms with van der Waals surface area (Å²) >= 11 is 0. The summed E-state index contributed by atoms with van der Waals surface area (Å²) in [5, 5.41) is 8.53. The van der Waals surface area contributed by atoms with Crippen molar-refractivity contribution in [2.75, 3.05) is 0 Å². The molecule has 0 saturated heterocycles. The number of amides is 1. The van der Waals surface area contributed by atoms with E-state index in [0.29, 0.717) is 12.8 Å². The lowest BCUT2D eigenvalue weighted by Gasteiger charge is -2.10. The van der Waals surface area contributed by atoms with Gasteiger partial charge in [-0.05, 0) is 33.6 Å². The zero-order valence-electron chi connectivity index (χ0n) is 9.08. The van der Waals surface area contributed by atoms with Gasteiger partial charge in [0.05, 0.1) is 0 Å². The van der Waals surface area contributed by atoms with E-state index in [1.54, 1.807) is 5.48 Å². The lowest BCUT2D eigenvalue weighted by molar-refractivity contribution is -0.133. The predicted octanol–water partition coefficient (Wildman–Crippen LogP) is 2.43. The molecule has 0 aliphatic rings. The minimum Gasteiger partial charge on any atom is -0.289 e. The molecule has 0 saturated carbocycles. The molecule has 0 fully saturated rings. The third kappa shape index (κ3) is 5.54. The van der Waals surface area contributed by atoms with Gasteiger partial charge in [0.2, 0.25) is 5.91 Å². The Kier molecular flexibility index (Phi) is 6.76. The van der Waals surface area contributed by atoms with E-state index in [1.165, 1.54) is 5.57 Å². The minimum absolute atomic E-state index is 0.175. The summed E-state index contributed by atoms with van der Waals surface area (Å²) in [6.45, 7) is 5.89. The van der Waals surface area contributed by atoms with Crippen molar-refractivity contribution in [3.8, 4) is 0 Å². The van der Waals surface area contributed by atoms with E-state index in [0.717, 1.165) is 0 Å². The molecule has 0 spiro atoms. The first-order valence-corrected chi connectivity index (χ1v) is 4.80. The smallest absolute Gasteiger partial charge is 0.247 e. The Morgan fingerprint density at radius 2 is 2.07 bits per heavy atom. The molecule has 0 rings (SSSR count). The molecule has 1 atom stereocenters. The van der Waals surface area contributed by atoms with Crippen LogP contribution in [0.2, 0.25) is 0 Å². The Hall–Kier alpha value is -1.09. The van der Waals surface area contributed by atoms with Gasteiger partial charge >= 0.3 is 0 Å². The van der Waals surface area contributed by atoms with Crippen LogP contribution >= 0.6 is 0 Å². The summed E-state index contributed by atoms with van der Waals surface area (Å²) in [4.78, 5) is 11.2. The first-order valence-electron chi connectivity index (χ1n) is 4.80. The number of rotatable bonds is 5. The molecule has 3 nitrogen and oxygen atoms in total. The maximum Gasteiger partial charge on any atom is 0.247 e. The fraction of sp³-hybridized carbons (Fsp3) is 0.545. The number of hydrogen-bond donors (Lipinski definition) is 2. The number of carbonyl (C=O) groups excluding carboxylic acids is 1. The fourth-order valence-electron chi connectivity index (χ4n) is 1.08. The maximum absolute atomic E-state index is 11.2. The normalized spacial score (nSPS) is 12.6. The topological polar surface area (TPSA) is 49.3 Å². The molecule has 0 aromatic rings. The first-order chi connectivity index (χ1) is 6.61. The number of hydroxylamine groups is 1. The molecule has 80 valence electrons. The van der Waals surface area contributed by atoms with Crippen molar-refractivity contribution in [1.29, 1.82) is 0 Å². The quantitative estimate of drug-likeness (QED) is 0.404. The fourth-order valence-corrected chi connectivity index (χ4v) is 1.08. The van der Waals surface area contributed by atoms with Crippen molar-refractivity contribution < 1.29 is 10.0 Å². The van der Waals surface area contributed by atoms with Gasteiger partial charge in [0, 0.05) is 5.92 Å². The molecule has 0 aromatic carbocycles. The van der Waals surface area contributed by atoms with E-state index in [1.807, 2.05) is 39.0 Å². The van der Waals surface area contributed by atoms with Gasteiger partial charge in [-0.1, -0.05) is 23.8 Å². The van der Waals surface area contributed by atoms with E-state index in [-0.39, 0.29) is 11.8 Å². The number of nitrogens with one attached hydrogen (secondary N) is 1. The van der Waals surface area contributed by atoms with E-state index in [2.05, 4.69) is 0 Å². The van der Waals surface area contributed by atoms with Crippen molar-refractivity contribution in [2.24, 2.45) is 5.92 Å². The van der Waals surface area contributed by atoms with Crippen molar-refractivity contribution in [1.82, 2.24) is 5.48 Å². The van der Waals surface area contributed by atoms with Gasteiger partial charge in [0.1, 0.15) is 0 Å². The molecule has 0 aliphatic carbocycles. The van der Waals surface area contributed by atoms with E-state index < -0.39 is 0 Å². The molecule has 0 aromatic heterocycles. The minimum atomic E-state index is -0.319. The summed E-state index contributed by atoms with van der Waals surface area (Å²) in [6.07, 6.45) is 7.16. The van der Waals surface area contributed by atoms with Crippen LogP contribution in [0.3, 0.4) is 0 Å². The van der Waals surface area contributed by atoms with Gasteiger partial charge in [-0.25, -0.2) is 5.48 Å². The first kappa shape index (κ1) is 12.9. The third-order valence-electron chi connectivity index (χ3n) is 1.95. The van der Waals surface area contributed by atoms with E-state index in [4.69, 9.17) is 5.21 Å². The zero-order valence-corrected chi connectivity index (χ0v) is 9.08. The number of allylic oxidation sites excluding steroid dienone is 4. The lowest BCUT2D eigenvalue weighted by Crippen LogP contribution is -2.27. The molecular weight excluding hydrogens is 178 g/mol. The largest absolute Gasteiger partial charge is 0.289 e. The molecule has 0 aliphatic heterocycles. The average Bonchev–Trinajstić information content (AvgIpc) is 2.16. The lowest BCUT2D eigenvalue weighted by atomic mass is 9.99. The SMILES string of the molecule is CC=CCC(CC=C(C)C)C(=O)NO. The molecule has 14 heavy (non-hydrogen) atoms. The molecule has 2 N–H and O–H groups in total. The molecular formula is C11H19NO2. The molecule has 1 unspecified atom stereocenters. The van der Waals surface area contributed by atoms with Crippen LogP contribution in [0.4, 0.5) is 0 Å². The Labute approximate surface area is 85.5 Å². The molecule has 0 radical (unpaired) electrons. The average molecular weight is 197 g/mol. The van der Waals surface area contributed by atoms with Crippen molar-refractivity contribution >= 4 is 5.91 Å². The van der Waals surface area contributed by atoms with Crippen LogP contribution in [0, 0.1) is 5.92 Å². The Morgan fingerprint density at radius 3 is 2.50 bits per heavy atom. The standard InChI is InChI=1S/C11H19NO2/c1-4-5-6-10(11(13)12-14)8-7-9(2)3/h4-5,7,10,14H,6,8H2,1-3H3,(H,12,13). The molecule has 0 bridgehead atoms. The third-order valence-corrected chi connectivity index (χ3v) is 1.95. The van der Waals surface area contributed by atoms with Crippen LogP contribution in [-0.4, -0.2) is 11.1 Å². The summed E-state index contributed by atoms with van der Waals surface area (Å²) < 4.78 is 0. The Balaban J connectivity index is 4.24. The van der Waals surface area contributed by atoms with E-state index >= 15 is 0 Å². The Morgan fingerprint density at radius 1 is 1.43 bits per heavy atom. The monoisotopic (exact) mass is 197 g/mol. The van der Waals surface area contributed by atoms with Crippen LogP contribution in [-0.2, 0) is 4.79 Å².